The van der Waals surface area contributed by atoms with Gasteiger partial charge in [0.05, 0.1) is 16.4 Å². The first kappa shape index (κ1) is 20.0. The Morgan fingerprint density at radius 1 is 1.38 bits per heavy atom. The standard InChI is InChI=1S/C15H22N2O6S/c1-5-23-15(18)10-16(9-11(2)3)24(21,22)13-7-6-12(4)14(8-13)17(19)20/h6-8,11H,5,9-10H2,1-4H3. The molecule has 0 amide bonds. The van der Waals surface area contributed by atoms with Crippen LogP contribution in [0.1, 0.15) is 26.3 Å². The summed E-state index contributed by atoms with van der Waals surface area (Å²) in [5.74, 6) is -0.696. The zero-order chi connectivity index (χ0) is 18.5. The van der Waals surface area contributed by atoms with E-state index in [4.69, 9.17) is 4.74 Å². The van der Waals surface area contributed by atoms with Gasteiger partial charge in [-0.15, -0.1) is 0 Å². The van der Waals surface area contributed by atoms with E-state index in [-0.39, 0.29) is 29.7 Å². The van der Waals surface area contributed by atoms with Crippen molar-refractivity contribution in [1.29, 1.82) is 0 Å². The molecule has 0 unspecified atom stereocenters. The van der Waals surface area contributed by atoms with Gasteiger partial charge in [-0.05, 0) is 25.8 Å². The number of hydrogen-bond donors (Lipinski definition) is 0. The monoisotopic (exact) mass is 358 g/mol. The van der Waals surface area contributed by atoms with Crippen LogP contribution in [0.15, 0.2) is 23.1 Å². The van der Waals surface area contributed by atoms with E-state index in [1.54, 1.807) is 6.92 Å². The molecule has 0 aromatic heterocycles. The lowest BCUT2D eigenvalue weighted by Gasteiger charge is -2.23. The van der Waals surface area contributed by atoms with Crippen molar-refractivity contribution in [1.82, 2.24) is 4.31 Å². The number of carbonyl (C=O) groups excluding carboxylic acids is 1. The highest BCUT2D eigenvalue weighted by Crippen LogP contribution is 2.25. The van der Waals surface area contributed by atoms with Gasteiger partial charge < -0.3 is 4.74 Å². The second-order valence-electron chi connectivity index (χ2n) is 5.70. The highest BCUT2D eigenvalue weighted by molar-refractivity contribution is 7.89. The molecule has 0 saturated carbocycles. The van der Waals surface area contributed by atoms with Gasteiger partial charge in [-0.2, -0.15) is 4.31 Å². The lowest BCUT2D eigenvalue weighted by Crippen LogP contribution is -2.38. The van der Waals surface area contributed by atoms with Crippen LogP contribution in [-0.4, -0.2) is 43.3 Å². The molecule has 8 nitrogen and oxygen atoms in total. The first-order valence-electron chi connectivity index (χ1n) is 7.50. The van der Waals surface area contributed by atoms with Crippen molar-refractivity contribution < 1.29 is 22.9 Å². The Labute approximate surface area is 141 Å². The fourth-order valence-electron chi connectivity index (χ4n) is 2.10. The van der Waals surface area contributed by atoms with Crippen molar-refractivity contribution >= 4 is 21.7 Å². The predicted molar refractivity (Wildman–Crippen MR) is 88.1 cm³/mol. The predicted octanol–water partition coefficient (Wildman–Crippen LogP) is 2.11. The van der Waals surface area contributed by atoms with Crippen molar-refractivity contribution in [2.45, 2.75) is 32.6 Å². The molecule has 24 heavy (non-hydrogen) atoms. The highest BCUT2D eigenvalue weighted by Gasteiger charge is 2.29. The van der Waals surface area contributed by atoms with Crippen molar-refractivity contribution in [3.05, 3.63) is 33.9 Å². The van der Waals surface area contributed by atoms with Gasteiger partial charge in [-0.1, -0.05) is 19.9 Å². The summed E-state index contributed by atoms with van der Waals surface area (Å²) in [4.78, 5) is 21.9. The lowest BCUT2D eigenvalue weighted by atomic mass is 10.2. The summed E-state index contributed by atoms with van der Waals surface area (Å²) in [5, 5.41) is 11.0. The summed E-state index contributed by atoms with van der Waals surface area (Å²) in [7, 11) is -4.05. The van der Waals surface area contributed by atoms with Crippen LogP contribution in [0, 0.1) is 23.0 Å². The Kier molecular flexibility index (Phi) is 6.85. The summed E-state index contributed by atoms with van der Waals surface area (Å²) in [5.41, 5.74) is 0.0801. The third-order valence-corrected chi connectivity index (χ3v) is 5.00. The minimum atomic E-state index is -4.05. The maximum Gasteiger partial charge on any atom is 0.321 e. The van der Waals surface area contributed by atoms with Crippen LogP contribution in [0.4, 0.5) is 5.69 Å². The molecule has 0 fully saturated rings. The first-order valence-corrected chi connectivity index (χ1v) is 8.94. The van der Waals surface area contributed by atoms with Crippen LogP contribution in [-0.2, 0) is 19.6 Å². The van der Waals surface area contributed by atoms with Crippen molar-refractivity contribution in [2.24, 2.45) is 5.92 Å². The number of rotatable bonds is 8. The molecule has 0 bridgehead atoms. The number of benzene rings is 1. The van der Waals surface area contributed by atoms with Gasteiger partial charge in [0, 0.05) is 18.2 Å². The fourth-order valence-corrected chi connectivity index (χ4v) is 3.67. The molecule has 0 heterocycles. The average Bonchev–Trinajstić information content (AvgIpc) is 2.46. The number of sulfonamides is 1. The number of esters is 1. The quantitative estimate of drug-likeness (QED) is 0.400. The largest absolute Gasteiger partial charge is 0.465 e. The molecule has 0 N–H and O–H groups in total. The Hall–Kier alpha value is -2.00. The maximum atomic E-state index is 12.8. The normalized spacial score (nSPS) is 11.8. The molecule has 0 saturated heterocycles. The third-order valence-electron chi connectivity index (χ3n) is 3.19. The average molecular weight is 358 g/mol. The van der Waals surface area contributed by atoms with Gasteiger partial charge in [0.15, 0.2) is 0 Å². The van der Waals surface area contributed by atoms with E-state index in [1.165, 1.54) is 19.1 Å². The van der Waals surface area contributed by atoms with E-state index in [9.17, 15) is 23.3 Å². The first-order chi connectivity index (χ1) is 11.1. The van der Waals surface area contributed by atoms with Gasteiger partial charge in [0.2, 0.25) is 10.0 Å². The molecule has 0 spiro atoms. The number of hydrogen-bond acceptors (Lipinski definition) is 6. The summed E-state index contributed by atoms with van der Waals surface area (Å²) in [6.45, 7) is 6.58. The van der Waals surface area contributed by atoms with Crippen LogP contribution in [0.2, 0.25) is 0 Å². The zero-order valence-electron chi connectivity index (χ0n) is 14.2. The summed E-state index contributed by atoms with van der Waals surface area (Å²) in [6.07, 6.45) is 0. The van der Waals surface area contributed by atoms with Gasteiger partial charge in [0.25, 0.3) is 5.69 Å². The Balaban J connectivity index is 3.27. The maximum absolute atomic E-state index is 12.8. The molecular formula is C15H22N2O6S. The van der Waals surface area contributed by atoms with E-state index < -0.39 is 27.5 Å². The van der Waals surface area contributed by atoms with Crippen LogP contribution >= 0.6 is 0 Å². The number of nitrogens with zero attached hydrogens (tertiary/aromatic N) is 2. The molecule has 1 rings (SSSR count). The minimum Gasteiger partial charge on any atom is -0.465 e. The second-order valence-corrected chi connectivity index (χ2v) is 7.64. The van der Waals surface area contributed by atoms with E-state index in [0.717, 1.165) is 10.4 Å². The second kappa shape index (κ2) is 8.20. The molecular weight excluding hydrogens is 336 g/mol. The molecule has 1 aromatic rings. The summed E-state index contributed by atoms with van der Waals surface area (Å²) < 4.78 is 31.4. The molecule has 9 heteroatoms. The van der Waals surface area contributed by atoms with E-state index in [2.05, 4.69) is 0 Å². The Morgan fingerprint density at radius 3 is 2.50 bits per heavy atom. The Bertz CT molecular complexity index is 715. The molecule has 0 atom stereocenters. The van der Waals surface area contributed by atoms with E-state index in [1.807, 2.05) is 13.8 Å². The number of ether oxygens (including phenoxy) is 1. The van der Waals surface area contributed by atoms with Gasteiger partial charge in [0.1, 0.15) is 6.54 Å². The topological polar surface area (TPSA) is 107 Å². The fraction of sp³-hybridized carbons (Fsp3) is 0.533. The summed E-state index contributed by atoms with van der Waals surface area (Å²) >= 11 is 0. The molecule has 1 aromatic carbocycles. The van der Waals surface area contributed by atoms with Gasteiger partial charge in [-0.3, -0.25) is 14.9 Å². The minimum absolute atomic E-state index is 0.0327. The third kappa shape index (κ3) is 5.00. The van der Waals surface area contributed by atoms with Crippen molar-refractivity contribution in [3.8, 4) is 0 Å². The molecule has 0 aliphatic heterocycles. The molecule has 0 aliphatic rings. The van der Waals surface area contributed by atoms with Crippen LogP contribution in [0.5, 0.6) is 0 Å². The van der Waals surface area contributed by atoms with Crippen LogP contribution < -0.4 is 0 Å². The number of nitro groups is 1. The number of carbonyl (C=O) groups is 1. The van der Waals surface area contributed by atoms with Crippen molar-refractivity contribution in [2.75, 3.05) is 19.7 Å². The number of aryl methyl sites for hydroxylation is 1. The molecule has 0 radical (unpaired) electrons. The van der Waals surface area contributed by atoms with E-state index in [0.29, 0.717) is 5.56 Å². The zero-order valence-corrected chi connectivity index (χ0v) is 15.0. The van der Waals surface area contributed by atoms with E-state index >= 15 is 0 Å². The Morgan fingerprint density at radius 2 is 2.00 bits per heavy atom. The van der Waals surface area contributed by atoms with Crippen molar-refractivity contribution in [3.63, 3.8) is 0 Å². The number of nitro benzene ring substituents is 1. The van der Waals surface area contributed by atoms with Gasteiger partial charge >= 0.3 is 5.97 Å². The van der Waals surface area contributed by atoms with Crippen LogP contribution in [0.3, 0.4) is 0 Å². The van der Waals surface area contributed by atoms with Gasteiger partial charge in [-0.25, -0.2) is 8.42 Å². The lowest BCUT2D eigenvalue weighted by molar-refractivity contribution is -0.385. The highest BCUT2D eigenvalue weighted by atomic mass is 32.2. The molecule has 134 valence electrons. The SMILES string of the molecule is CCOC(=O)CN(CC(C)C)S(=O)(=O)c1ccc(C)c([N+](=O)[O-])c1. The molecule has 0 aliphatic carbocycles. The summed E-state index contributed by atoms with van der Waals surface area (Å²) in [6, 6.07) is 3.70. The van der Waals surface area contributed by atoms with Crippen LogP contribution in [0.25, 0.3) is 0 Å². The smallest absolute Gasteiger partial charge is 0.321 e.